The van der Waals surface area contributed by atoms with Gasteiger partial charge in [0.1, 0.15) is 18.3 Å². The van der Waals surface area contributed by atoms with Gasteiger partial charge in [-0.15, -0.1) is 5.10 Å². The first-order chi connectivity index (χ1) is 10.1. The first-order valence-electron chi connectivity index (χ1n) is 6.39. The third-order valence-electron chi connectivity index (χ3n) is 3.35. The Balaban J connectivity index is 1.94. The fourth-order valence-corrected chi connectivity index (χ4v) is 2.45. The average Bonchev–Trinajstić information content (AvgIpc) is 3.02. The highest BCUT2D eigenvalue weighted by Crippen LogP contribution is 2.30. The van der Waals surface area contributed by atoms with Crippen LogP contribution in [0, 0.1) is 4.84 Å². The van der Waals surface area contributed by atoms with E-state index in [0.29, 0.717) is 5.89 Å². The van der Waals surface area contributed by atoms with Crippen LogP contribution in [0.3, 0.4) is 0 Å². The summed E-state index contributed by atoms with van der Waals surface area (Å²) in [7, 11) is 0. The number of aliphatic hydroxyl groups excluding tert-OH is 3. The topological polar surface area (TPSA) is 101 Å². The number of ether oxygens (including phenoxy) is 1. The molecule has 0 bridgehead atoms. The molecule has 0 saturated carbocycles. The van der Waals surface area contributed by atoms with E-state index in [1.165, 1.54) is 4.68 Å². The van der Waals surface area contributed by atoms with Crippen LogP contribution in [0.5, 0.6) is 0 Å². The van der Waals surface area contributed by atoms with E-state index in [4.69, 9.17) is 26.5 Å². The van der Waals surface area contributed by atoms with E-state index in [-0.39, 0.29) is 4.84 Å². The molecule has 8 heteroatoms. The number of benzene rings is 1. The van der Waals surface area contributed by atoms with Gasteiger partial charge in [0.15, 0.2) is 6.23 Å². The fourth-order valence-electron chi connectivity index (χ4n) is 2.23. The molecule has 1 saturated heterocycles. The van der Waals surface area contributed by atoms with Gasteiger partial charge >= 0.3 is 0 Å². The SMILES string of the molecule is OC[C@@H]1O[C@H](n2nc(-c3ccccc3)oc2=S)[C@@H](O)[C@@H]1O. The minimum atomic E-state index is -1.25. The summed E-state index contributed by atoms with van der Waals surface area (Å²) in [5.74, 6) is 0.290. The first kappa shape index (κ1) is 14.4. The summed E-state index contributed by atoms with van der Waals surface area (Å²) in [5, 5.41) is 33.0. The molecule has 0 unspecified atom stereocenters. The summed E-state index contributed by atoms with van der Waals surface area (Å²) in [4.78, 5) is 0.0173. The summed E-state index contributed by atoms with van der Waals surface area (Å²) in [6, 6.07) is 9.14. The van der Waals surface area contributed by atoms with Crippen LogP contribution in [0.25, 0.3) is 11.5 Å². The Morgan fingerprint density at radius 3 is 2.52 bits per heavy atom. The van der Waals surface area contributed by atoms with Crippen molar-refractivity contribution in [2.45, 2.75) is 24.5 Å². The zero-order chi connectivity index (χ0) is 15.0. The van der Waals surface area contributed by atoms with Gasteiger partial charge in [-0.2, -0.15) is 4.68 Å². The normalized spacial score (nSPS) is 28.9. The number of hydrogen-bond donors (Lipinski definition) is 3. The molecular formula is C13H14N2O5S. The van der Waals surface area contributed by atoms with Crippen molar-refractivity contribution < 1.29 is 24.5 Å². The molecular weight excluding hydrogens is 296 g/mol. The van der Waals surface area contributed by atoms with Crippen LogP contribution < -0.4 is 0 Å². The van der Waals surface area contributed by atoms with Gasteiger partial charge in [0, 0.05) is 5.56 Å². The van der Waals surface area contributed by atoms with Crippen LogP contribution in [0.15, 0.2) is 34.7 Å². The van der Waals surface area contributed by atoms with Crippen LogP contribution in [0.4, 0.5) is 0 Å². The summed E-state index contributed by atoms with van der Waals surface area (Å²) in [5.41, 5.74) is 0.731. The molecule has 3 rings (SSSR count). The van der Waals surface area contributed by atoms with Crippen LogP contribution >= 0.6 is 12.2 Å². The molecule has 2 aromatic rings. The molecule has 112 valence electrons. The standard InChI is InChI=1S/C13H14N2O5S/c16-6-8-9(17)10(18)12(19-8)15-13(21)20-11(14-15)7-4-2-1-3-5-7/h1-5,8-10,12,16-18H,6H2/t8-,9+,10-,12-/m0/s1. The maximum atomic E-state index is 9.98. The van der Waals surface area contributed by atoms with Crippen LogP contribution in [-0.2, 0) is 4.74 Å². The predicted octanol–water partition coefficient (Wildman–Crippen LogP) is 0.484. The van der Waals surface area contributed by atoms with Crippen molar-refractivity contribution in [2.24, 2.45) is 0 Å². The van der Waals surface area contributed by atoms with Gasteiger partial charge in [0.2, 0.25) is 5.89 Å². The summed E-state index contributed by atoms with van der Waals surface area (Å²) >= 11 is 5.07. The molecule has 1 aliphatic rings. The Morgan fingerprint density at radius 2 is 1.90 bits per heavy atom. The third kappa shape index (κ3) is 2.52. The second-order valence-electron chi connectivity index (χ2n) is 4.71. The molecule has 0 spiro atoms. The molecule has 1 aliphatic heterocycles. The molecule has 0 radical (unpaired) electrons. The Bertz CT molecular complexity index is 671. The van der Waals surface area contributed by atoms with Gasteiger partial charge in [0.05, 0.1) is 6.61 Å². The minimum Gasteiger partial charge on any atom is -0.409 e. The third-order valence-corrected chi connectivity index (χ3v) is 3.62. The zero-order valence-electron chi connectivity index (χ0n) is 10.9. The van der Waals surface area contributed by atoms with Crippen molar-refractivity contribution in [3.8, 4) is 11.5 Å². The smallest absolute Gasteiger partial charge is 0.289 e. The minimum absolute atomic E-state index is 0.0173. The Labute approximate surface area is 125 Å². The quantitative estimate of drug-likeness (QED) is 0.709. The highest BCUT2D eigenvalue weighted by molar-refractivity contribution is 7.71. The molecule has 1 fully saturated rings. The Hall–Kier alpha value is -1.58. The van der Waals surface area contributed by atoms with Gasteiger partial charge in [0.25, 0.3) is 4.84 Å². The second kappa shape index (κ2) is 5.66. The van der Waals surface area contributed by atoms with Crippen LogP contribution in [0.1, 0.15) is 6.23 Å². The molecule has 4 atom stereocenters. The van der Waals surface area contributed by atoms with Gasteiger partial charge in [-0.1, -0.05) is 18.2 Å². The molecule has 3 N–H and O–H groups in total. The lowest BCUT2D eigenvalue weighted by molar-refractivity contribution is -0.0602. The van der Waals surface area contributed by atoms with Crippen molar-refractivity contribution in [1.29, 1.82) is 0 Å². The van der Waals surface area contributed by atoms with E-state index in [2.05, 4.69) is 5.10 Å². The molecule has 1 aromatic heterocycles. The maximum Gasteiger partial charge on any atom is 0.289 e. The second-order valence-corrected chi connectivity index (χ2v) is 5.06. The summed E-state index contributed by atoms with van der Waals surface area (Å²) < 4.78 is 12.0. The van der Waals surface area contributed by atoms with E-state index in [1.54, 1.807) is 0 Å². The average molecular weight is 310 g/mol. The lowest BCUT2D eigenvalue weighted by Gasteiger charge is -2.13. The van der Waals surface area contributed by atoms with Crippen LogP contribution in [-0.4, -0.2) is 50.0 Å². The maximum absolute atomic E-state index is 9.98. The molecule has 2 heterocycles. The van der Waals surface area contributed by atoms with Gasteiger partial charge < -0.3 is 24.5 Å². The number of aromatic nitrogens is 2. The molecule has 21 heavy (non-hydrogen) atoms. The largest absolute Gasteiger partial charge is 0.409 e. The molecule has 0 aliphatic carbocycles. The highest BCUT2D eigenvalue weighted by Gasteiger charge is 2.44. The number of aliphatic hydroxyl groups is 3. The van der Waals surface area contributed by atoms with Crippen molar-refractivity contribution in [3.05, 3.63) is 35.2 Å². The molecule has 1 aromatic carbocycles. The van der Waals surface area contributed by atoms with E-state index in [9.17, 15) is 10.2 Å². The first-order valence-corrected chi connectivity index (χ1v) is 6.80. The fraction of sp³-hybridized carbons (Fsp3) is 0.385. The summed E-state index contributed by atoms with van der Waals surface area (Å²) in [6.07, 6.45) is -4.34. The van der Waals surface area contributed by atoms with Crippen molar-refractivity contribution in [3.63, 3.8) is 0 Å². The van der Waals surface area contributed by atoms with Gasteiger partial charge in [-0.3, -0.25) is 0 Å². The van der Waals surface area contributed by atoms with Crippen molar-refractivity contribution in [1.82, 2.24) is 9.78 Å². The van der Waals surface area contributed by atoms with E-state index in [0.717, 1.165) is 5.56 Å². The predicted molar refractivity (Wildman–Crippen MR) is 73.8 cm³/mol. The van der Waals surface area contributed by atoms with Crippen LogP contribution in [0.2, 0.25) is 0 Å². The van der Waals surface area contributed by atoms with Gasteiger partial charge in [-0.05, 0) is 24.4 Å². The van der Waals surface area contributed by atoms with E-state index >= 15 is 0 Å². The van der Waals surface area contributed by atoms with Crippen molar-refractivity contribution in [2.75, 3.05) is 6.61 Å². The van der Waals surface area contributed by atoms with E-state index < -0.39 is 31.1 Å². The highest BCUT2D eigenvalue weighted by atomic mass is 32.1. The van der Waals surface area contributed by atoms with E-state index in [1.807, 2.05) is 30.3 Å². The Kier molecular flexibility index (Phi) is 3.87. The molecule has 0 amide bonds. The monoisotopic (exact) mass is 310 g/mol. The Morgan fingerprint density at radius 1 is 1.19 bits per heavy atom. The van der Waals surface area contributed by atoms with Gasteiger partial charge in [-0.25, -0.2) is 0 Å². The lowest BCUT2D eigenvalue weighted by atomic mass is 10.1. The summed E-state index contributed by atoms with van der Waals surface area (Å²) in [6.45, 7) is -0.411. The van der Waals surface area contributed by atoms with Crippen molar-refractivity contribution >= 4 is 12.2 Å². The zero-order valence-corrected chi connectivity index (χ0v) is 11.7. The number of hydrogen-bond acceptors (Lipinski definition) is 7. The lowest BCUT2D eigenvalue weighted by Crippen LogP contribution is -2.33. The number of nitrogens with zero attached hydrogens (tertiary/aromatic N) is 2. The number of rotatable bonds is 3. The molecule has 7 nitrogen and oxygen atoms in total.